The fraction of sp³-hybridized carbons (Fsp3) is 0.208. The molecule has 168 valence electrons. The van der Waals surface area contributed by atoms with E-state index < -0.39 is 5.92 Å². The minimum absolute atomic E-state index is 0.00803. The van der Waals surface area contributed by atoms with Gasteiger partial charge in [-0.05, 0) is 43.2 Å². The molecule has 9 heteroatoms. The van der Waals surface area contributed by atoms with Crippen molar-refractivity contribution in [3.05, 3.63) is 76.3 Å². The third-order valence-corrected chi connectivity index (χ3v) is 5.43. The number of H-pyrrole nitrogens is 1. The van der Waals surface area contributed by atoms with Gasteiger partial charge in [0.1, 0.15) is 11.6 Å². The highest BCUT2D eigenvalue weighted by Gasteiger charge is 2.34. The average Bonchev–Trinajstić information content (AvgIpc) is 3.18. The number of ether oxygens (including phenoxy) is 3. The van der Waals surface area contributed by atoms with Crippen molar-refractivity contribution in [3.8, 4) is 23.4 Å². The van der Waals surface area contributed by atoms with Crippen molar-refractivity contribution in [2.75, 3.05) is 19.0 Å². The summed E-state index contributed by atoms with van der Waals surface area (Å²) in [5.74, 6) is 0.384. The molecule has 0 fully saturated rings. The Hall–Kier alpha value is -4.45. The minimum atomic E-state index is -0.482. The largest absolute Gasteiger partial charge is 0.493 e. The number of aromatic amines is 1. The molecule has 1 amide bonds. The number of nitrogens with two attached hydrogens (primary N) is 1. The van der Waals surface area contributed by atoms with Crippen LogP contribution < -0.4 is 25.3 Å². The third kappa shape index (κ3) is 4.19. The first-order chi connectivity index (χ1) is 15.9. The van der Waals surface area contributed by atoms with E-state index in [1.807, 2.05) is 38.1 Å². The molecule has 4 N–H and O–H groups in total. The summed E-state index contributed by atoms with van der Waals surface area (Å²) in [4.78, 5) is 12.4. The molecule has 0 saturated carbocycles. The number of methoxy groups -OCH3 is 1. The van der Waals surface area contributed by atoms with Crippen LogP contribution in [0.4, 0.5) is 5.69 Å². The Labute approximate surface area is 190 Å². The Bertz CT molecular complexity index is 1290. The van der Waals surface area contributed by atoms with E-state index in [0.29, 0.717) is 17.4 Å². The van der Waals surface area contributed by atoms with Gasteiger partial charge in [0.2, 0.25) is 11.8 Å². The second kappa shape index (κ2) is 8.96. The zero-order valence-corrected chi connectivity index (χ0v) is 18.4. The van der Waals surface area contributed by atoms with E-state index in [9.17, 15) is 10.1 Å². The highest BCUT2D eigenvalue weighted by molar-refractivity contribution is 5.92. The third-order valence-electron chi connectivity index (χ3n) is 5.43. The van der Waals surface area contributed by atoms with Gasteiger partial charge in [0.15, 0.2) is 18.1 Å². The number of nitrogens with zero attached hydrogens (tertiary/aromatic N) is 2. The van der Waals surface area contributed by atoms with Gasteiger partial charge in [0.25, 0.3) is 5.91 Å². The Kier molecular flexibility index (Phi) is 5.91. The molecule has 0 radical (unpaired) electrons. The molecule has 0 bridgehead atoms. The molecule has 1 atom stereocenters. The lowest BCUT2D eigenvalue weighted by molar-refractivity contribution is -0.118. The number of nitrogens with one attached hydrogen (secondary N) is 2. The molecular weight excluding hydrogens is 422 g/mol. The smallest absolute Gasteiger partial charge is 0.262 e. The van der Waals surface area contributed by atoms with Crippen LogP contribution in [0.25, 0.3) is 0 Å². The van der Waals surface area contributed by atoms with Crippen LogP contribution in [-0.4, -0.2) is 29.8 Å². The summed E-state index contributed by atoms with van der Waals surface area (Å²) in [6.45, 7) is 3.57. The molecule has 9 nitrogen and oxygen atoms in total. The van der Waals surface area contributed by atoms with Crippen LogP contribution in [0.15, 0.2) is 53.9 Å². The first kappa shape index (κ1) is 21.8. The highest BCUT2D eigenvalue weighted by atomic mass is 16.5. The van der Waals surface area contributed by atoms with Gasteiger partial charge in [-0.1, -0.05) is 24.3 Å². The average molecular weight is 445 g/mol. The first-order valence-electron chi connectivity index (χ1n) is 10.2. The minimum Gasteiger partial charge on any atom is -0.493 e. The number of allylic oxidation sites excluding steroid dienone is 1. The maximum atomic E-state index is 12.4. The van der Waals surface area contributed by atoms with Crippen molar-refractivity contribution in [3.63, 3.8) is 0 Å². The van der Waals surface area contributed by atoms with Gasteiger partial charge < -0.3 is 25.3 Å². The number of carbonyl (C=O) groups is 1. The normalized spacial score (nSPS) is 14.7. The van der Waals surface area contributed by atoms with Crippen LogP contribution in [0.1, 0.15) is 28.3 Å². The quantitative estimate of drug-likeness (QED) is 0.530. The molecule has 1 aliphatic heterocycles. The molecule has 2 heterocycles. The van der Waals surface area contributed by atoms with E-state index in [1.54, 1.807) is 18.2 Å². The van der Waals surface area contributed by atoms with Crippen LogP contribution in [0.3, 0.4) is 0 Å². The van der Waals surface area contributed by atoms with Crippen molar-refractivity contribution < 1.29 is 19.0 Å². The number of amides is 1. The maximum absolute atomic E-state index is 12.4. The topological polar surface area (TPSA) is 135 Å². The maximum Gasteiger partial charge on any atom is 0.262 e. The highest BCUT2D eigenvalue weighted by Crippen LogP contribution is 2.44. The van der Waals surface area contributed by atoms with Gasteiger partial charge in [0.05, 0.1) is 13.0 Å². The zero-order chi connectivity index (χ0) is 23.5. The number of anilines is 1. The molecule has 33 heavy (non-hydrogen) atoms. The van der Waals surface area contributed by atoms with E-state index in [2.05, 4.69) is 21.6 Å². The lowest BCUT2D eigenvalue weighted by Crippen LogP contribution is -2.21. The van der Waals surface area contributed by atoms with Gasteiger partial charge in [-0.3, -0.25) is 9.89 Å². The molecular formula is C24H23N5O4. The molecule has 2 aromatic carbocycles. The Balaban J connectivity index is 1.57. The van der Waals surface area contributed by atoms with E-state index in [-0.39, 0.29) is 24.0 Å². The van der Waals surface area contributed by atoms with Crippen molar-refractivity contribution in [1.29, 1.82) is 5.26 Å². The van der Waals surface area contributed by atoms with Crippen LogP contribution in [0, 0.1) is 25.2 Å². The number of carbonyl (C=O) groups excluding carboxylic acids is 1. The Morgan fingerprint density at radius 1 is 1.27 bits per heavy atom. The Morgan fingerprint density at radius 3 is 2.79 bits per heavy atom. The van der Waals surface area contributed by atoms with E-state index >= 15 is 0 Å². The van der Waals surface area contributed by atoms with Gasteiger partial charge in [0, 0.05) is 16.9 Å². The summed E-state index contributed by atoms with van der Waals surface area (Å²) in [5, 5.41) is 19.5. The van der Waals surface area contributed by atoms with Crippen LogP contribution in [0.5, 0.6) is 17.4 Å². The van der Waals surface area contributed by atoms with Gasteiger partial charge in [-0.25, -0.2) is 0 Å². The standard InChI is InChI=1S/C24H23N5O4/c1-13-6-4-5-7-17(13)27-20(30)12-32-18-9-8-15(10-19(18)31-3)22-16(11-25)23(26)33-24-21(22)14(2)28-29-24/h4-10,22H,12,26H2,1-3H3,(H,27,30)(H,28,29). The number of fused-ring (bicyclic) bond motifs is 1. The van der Waals surface area contributed by atoms with Crippen LogP contribution >= 0.6 is 0 Å². The first-order valence-corrected chi connectivity index (χ1v) is 10.2. The SMILES string of the molecule is COc1cc(C2C(C#N)=C(N)Oc3n[nH]c(C)c32)ccc1OCC(=O)Nc1ccccc1C. The van der Waals surface area contributed by atoms with Crippen LogP contribution in [-0.2, 0) is 4.79 Å². The Morgan fingerprint density at radius 2 is 2.06 bits per heavy atom. The lowest BCUT2D eigenvalue weighted by atomic mass is 9.84. The number of aryl methyl sites for hydroxylation is 2. The predicted octanol–water partition coefficient (Wildman–Crippen LogP) is 3.27. The summed E-state index contributed by atoms with van der Waals surface area (Å²) >= 11 is 0. The van der Waals surface area contributed by atoms with Crippen molar-refractivity contribution in [2.24, 2.45) is 5.73 Å². The van der Waals surface area contributed by atoms with Crippen LogP contribution in [0.2, 0.25) is 0 Å². The summed E-state index contributed by atoms with van der Waals surface area (Å²) < 4.78 is 16.7. The molecule has 0 saturated heterocycles. The van der Waals surface area contributed by atoms with Gasteiger partial charge in [-0.15, -0.1) is 5.10 Å². The number of para-hydroxylation sites is 1. The lowest BCUT2D eigenvalue weighted by Gasteiger charge is -2.24. The summed E-state index contributed by atoms with van der Waals surface area (Å²) in [6, 6.07) is 14.9. The zero-order valence-electron chi connectivity index (χ0n) is 18.4. The number of nitriles is 1. The monoisotopic (exact) mass is 445 g/mol. The number of benzene rings is 2. The number of rotatable bonds is 6. The molecule has 3 aromatic rings. The van der Waals surface area contributed by atoms with Crippen molar-refractivity contribution in [1.82, 2.24) is 10.2 Å². The molecule has 0 spiro atoms. The number of aromatic nitrogens is 2. The molecule has 1 aromatic heterocycles. The summed E-state index contributed by atoms with van der Waals surface area (Å²) in [6.07, 6.45) is 0. The van der Waals surface area contributed by atoms with Gasteiger partial charge in [-0.2, -0.15) is 5.26 Å². The number of hydrogen-bond acceptors (Lipinski definition) is 7. The second-order valence-corrected chi connectivity index (χ2v) is 7.55. The molecule has 1 aliphatic rings. The van der Waals surface area contributed by atoms with E-state index in [0.717, 1.165) is 28.1 Å². The fourth-order valence-corrected chi connectivity index (χ4v) is 3.76. The second-order valence-electron chi connectivity index (χ2n) is 7.55. The van der Waals surface area contributed by atoms with Gasteiger partial charge >= 0.3 is 0 Å². The number of hydrogen-bond donors (Lipinski definition) is 3. The van der Waals surface area contributed by atoms with E-state index in [4.69, 9.17) is 19.9 Å². The van der Waals surface area contributed by atoms with Crippen molar-refractivity contribution in [2.45, 2.75) is 19.8 Å². The predicted molar refractivity (Wildman–Crippen MR) is 121 cm³/mol. The molecule has 4 rings (SSSR count). The summed E-state index contributed by atoms with van der Waals surface area (Å²) in [5.41, 5.74) is 10.2. The fourth-order valence-electron chi connectivity index (χ4n) is 3.76. The molecule has 0 aliphatic carbocycles. The van der Waals surface area contributed by atoms with Crippen molar-refractivity contribution >= 4 is 11.6 Å². The summed E-state index contributed by atoms with van der Waals surface area (Å²) in [7, 11) is 1.51. The van der Waals surface area contributed by atoms with E-state index in [1.165, 1.54) is 7.11 Å². The molecule has 1 unspecified atom stereocenters.